The molecule has 1 rings (SSSR count). The molecule has 0 saturated carbocycles. The Balaban J connectivity index is 2.85. The summed E-state index contributed by atoms with van der Waals surface area (Å²) in [5.74, 6) is 0. The Hall–Kier alpha value is -1.03. The van der Waals surface area contributed by atoms with Crippen LogP contribution in [-0.2, 0) is 5.41 Å². The van der Waals surface area contributed by atoms with Crippen LogP contribution in [0.25, 0.3) is 0 Å². The van der Waals surface area contributed by atoms with Gasteiger partial charge in [0.1, 0.15) is 0 Å². The summed E-state index contributed by atoms with van der Waals surface area (Å²) in [6.07, 6.45) is -3.83. The van der Waals surface area contributed by atoms with Gasteiger partial charge in [0.15, 0.2) is 0 Å². The summed E-state index contributed by atoms with van der Waals surface area (Å²) in [6, 6.07) is 9.55. The average Bonchev–Trinajstić information content (AvgIpc) is 2.38. The van der Waals surface area contributed by atoms with E-state index in [2.05, 4.69) is 5.32 Å². The molecule has 20 heavy (non-hydrogen) atoms. The third-order valence-corrected chi connectivity index (χ3v) is 3.75. The largest absolute Gasteiger partial charge is 0.389 e. The van der Waals surface area contributed by atoms with Crippen molar-refractivity contribution in [3.63, 3.8) is 0 Å². The van der Waals surface area contributed by atoms with Crippen LogP contribution in [0, 0.1) is 0 Å². The van der Waals surface area contributed by atoms with Gasteiger partial charge in [0.05, 0.1) is 0 Å². The molecular weight excluding hydrogens is 263 g/mol. The lowest BCUT2D eigenvalue weighted by atomic mass is 9.76. The van der Waals surface area contributed by atoms with Crippen molar-refractivity contribution >= 4 is 0 Å². The molecule has 0 fully saturated rings. The molecule has 1 nitrogen and oxygen atoms in total. The van der Waals surface area contributed by atoms with Gasteiger partial charge in [-0.25, -0.2) is 0 Å². The number of rotatable bonds is 7. The number of benzene rings is 1. The summed E-state index contributed by atoms with van der Waals surface area (Å²) >= 11 is 0. The summed E-state index contributed by atoms with van der Waals surface area (Å²) in [5, 5.41) is 3.28. The van der Waals surface area contributed by atoms with Gasteiger partial charge in [-0.3, -0.25) is 0 Å². The van der Waals surface area contributed by atoms with Crippen LogP contribution in [0.1, 0.15) is 45.6 Å². The highest BCUT2D eigenvalue weighted by molar-refractivity contribution is 5.25. The minimum Gasteiger partial charge on any atom is -0.313 e. The topological polar surface area (TPSA) is 12.0 Å². The van der Waals surface area contributed by atoms with E-state index in [1.165, 1.54) is 0 Å². The summed E-state index contributed by atoms with van der Waals surface area (Å²) < 4.78 is 37.5. The molecule has 1 aromatic rings. The van der Waals surface area contributed by atoms with E-state index in [-0.39, 0.29) is 17.9 Å². The lowest BCUT2D eigenvalue weighted by molar-refractivity contribution is -0.137. The Labute approximate surface area is 119 Å². The van der Waals surface area contributed by atoms with E-state index < -0.39 is 12.6 Å². The van der Waals surface area contributed by atoms with Crippen LogP contribution < -0.4 is 5.32 Å². The summed E-state index contributed by atoms with van der Waals surface area (Å²) in [4.78, 5) is 0. The molecule has 1 atom stereocenters. The van der Waals surface area contributed by atoms with Crippen molar-refractivity contribution in [3.05, 3.63) is 35.9 Å². The number of hydrogen-bond donors (Lipinski definition) is 1. The van der Waals surface area contributed by atoms with Crippen LogP contribution in [0.5, 0.6) is 0 Å². The van der Waals surface area contributed by atoms with E-state index in [4.69, 9.17) is 0 Å². The second-order valence-electron chi connectivity index (χ2n) is 5.75. The molecule has 0 aliphatic carbocycles. The molecule has 0 aliphatic heterocycles. The van der Waals surface area contributed by atoms with Gasteiger partial charge < -0.3 is 5.32 Å². The Morgan fingerprint density at radius 2 is 1.70 bits per heavy atom. The van der Waals surface area contributed by atoms with Gasteiger partial charge in [0.25, 0.3) is 0 Å². The Morgan fingerprint density at radius 3 is 2.20 bits per heavy atom. The van der Waals surface area contributed by atoms with Gasteiger partial charge in [-0.2, -0.15) is 13.2 Å². The molecule has 1 N–H and O–H groups in total. The Kier molecular flexibility index (Phi) is 6.06. The SMILES string of the molecule is CCCNC(CCC(F)(F)F)C(C)(C)c1ccccc1. The van der Waals surface area contributed by atoms with Crippen molar-refractivity contribution in [2.45, 2.75) is 57.7 Å². The van der Waals surface area contributed by atoms with E-state index in [9.17, 15) is 13.2 Å². The Bertz CT molecular complexity index is 384. The first-order valence-electron chi connectivity index (χ1n) is 7.13. The zero-order valence-corrected chi connectivity index (χ0v) is 12.4. The first kappa shape index (κ1) is 17.0. The van der Waals surface area contributed by atoms with Crippen molar-refractivity contribution in [2.24, 2.45) is 0 Å². The van der Waals surface area contributed by atoms with Gasteiger partial charge in [-0.05, 0) is 24.9 Å². The minimum absolute atomic E-state index is 0.103. The van der Waals surface area contributed by atoms with E-state index in [1.807, 2.05) is 51.1 Å². The fourth-order valence-corrected chi connectivity index (χ4v) is 2.41. The molecule has 0 aromatic heterocycles. The predicted octanol–water partition coefficient (Wildman–Crippen LogP) is 4.67. The van der Waals surface area contributed by atoms with Gasteiger partial charge in [-0.1, -0.05) is 51.1 Å². The number of alkyl halides is 3. The van der Waals surface area contributed by atoms with Crippen LogP contribution in [0.2, 0.25) is 0 Å². The van der Waals surface area contributed by atoms with Gasteiger partial charge >= 0.3 is 6.18 Å². The quantitative estimate of drug-likeness (QED) is 0.768. The lowest BCUT2D eigenvalue weighted by Gasteiger charge is -2.36. The smallest absolute Gasteiger partial charge is 0.313 e. The Morgan fingerprint density at radius 1 is 1.10 bits per heavy atom. The maximum absolute atomic E-state index is 12.5. The first-order chi connectivity index (χ1) is 9.27. The molecule has 0 saturated heterocycles. The molecule has 0 radical (unpaired) electrons. The maximum Gasteiger partial charge on any atom is 0.389 e. The van der Waals surface area contributed by atoms with Crippen molar-refractivity contribution in [3.8, 4) is 0 Å². The summed E-state index contributed by atoms with van der Waals surface area (Å²) in [6.45, 7) is 6.76. The van der Waals surface area contributed by atoms with Crippen LogP contribution in [0.15, 0.2) is 30.3 Å². The van der Waals surface area contributed by atoms with Crippen molar-refractivity contribution < 1.29 is 13.2 Å². The molecule has 1 aromatic carbocycles. The fourth-order valence-electron chi connectivity index (χ4n) is 2.41. The highest BCUT2D eigenvalue weighted by Gasteiger charge is 2.35. The normalized spacial score (nSPS) is 14.3. The fraction of sp³-hybridized carbons (Fsp3) is 0.625. The first-order valence-corrected chi connectivity index (χ1v) is 7.13. The maximum atomic E-state index is 12.5. The number of halogens is 3. The van der Waals surface area contributed by atoms with Crippen LogP contribution in [0.3, 0.4) is 0 Å². The number of hydrogen-bond acceptors (Lipinski definition) is 1. The van der Waals surface area contributed by atoms with Gasteiger partial charge in [0, 0.05) is 17.9 Å². The van der Waals surface area contributed by atoms with Crippen molar-refractivity contribution in [1.82, 2.24) is 5.32 Å². The molecular formula is C16H24F3N. The monoisotopic (exact) mass is 287 g/mol. The second-order valence-corrected chi connectivity index (χ2v) is 5.75. The molecule has 114 valence electrons. The molecule has 1 unspecified atom stereocenters. The van der Waals surface area contributed by atoms with Gasteiger partial charge in [-0.15, -0.1) is 0 Å². The molecule has 4 heteroatoms. The highest BCUT2D eigenvalue weighted by atomic mass is 19.4. The zero-order chi connectivity index (χ0) is 15.2. The van der Waals surface area contributed by atoms with Crippen LogP contribution in [-0.4, -0.2) is 18.8 Å². The number of nitrogens with one attached hydrogen (secondary N) is 1. The van der Waals surface area contributed by atoms with Crippen molar-refractivity contribution in [2.75, 3.05) is 6.54 Å². The molecule has 0 aliphatic rings. The van der Waals surface area contributed by atoms with E-state index in [0.717, 1.165) is 18.5 Å². The molecule has 0 heterocycles. The third kappa shape index (κ3) is 5.16. The van der Waals surface area contributed by atoms with E-state index in [1.54, 1.807) is 0 Å². The van der Waals surface area contributed by atoms with E-state index in [0.29, 0.717) is 0 Å². The molecule has 0 amide bonds. The zero-order valence-electron chi connectivity index (χ0n) is 12.4. The third-order valence-electron chi connectivity index (χ3n) is 3.75. The standard InChI is InChI=1S/C16H24F3N/c1-4-12-20-14(10-11-16(17,18)19)15(2,3)13-8-6-5-7-9-13/h5-9,14,20H,4,10-12H2,1-3H3. The van der Waals surface area contributed by atoms with E-state index >= 15 is 0 Å². The highest BCUT2D eigenvalue weighted by Crippen LogP contribution is 2.32. The molecule has 0 bridgehead atoms. The lowest BCUT2D eigenvalue weighted by Crippen LogP contribution is -2.45. The van der Waals surface area contributed by atoms with Crippen LogP contribution >= 0.6 is 0 Å². The summed E-state index contributed by atoms with van der Waals surface area (Å²) in [5.41, 5.74) is 0.734. The van der Waals surface area contributed by atoms with Gasteiger partial charge in [0.2, 0.25) is 0 Å². The predicted molar refractivity (Wildman–Crippen MR) is 76.8 cm³/mol. The molecule has 0 spiro atoms. The average molecular weight is 287 g/mol. The summed E-state index contributed by atoms with van der Waals surface area (Å²) in [7, 11) is 0. The second kappa shape index (κ2) is 7.11. The minimum atomic E-state index is -4.10. The van der Waals surface area contributed by atoms with Crippen LogP contribution in [0.4, 0.5) is 13.2 Å². The van der Waals surface area contributed by atoms with Crippen molar-refractivity contribution in [1.29, 1.82) is 0 Å².